The van der Waals surface area contributed by atoms with Crippen LogP contribution in [0.4, 0.5) is 4.79 Å². The Balaban J connectivity index is 1.02. The van der Waals surface area contributed by atoms with Crippen LogP contribution in [0, 0.1) is 17.8 Å². The number of carboxylic acid groups (broad SMARTS) is 2. The number of amides is 2. The number of carboxylic acids is 1. The number of nitrogens with zero attached hydrogens (tertiary/aromatic N) is 5. The molecule has 334 valence electrons. The lowest BCUT2D eigenvalue weighted by Crippen LogP contribution is -2.50. The molecule has 3 aliphatic rings. The Morgan fingerprint density at radius 1 is 0.828 bits per heavy atom. The first kappa shape index (κ1) is 42.9. The van der Waals surface area contributed by atoms with Crippen LogP contribution in [0.2, 0.25) is 0 Å². The van der Waals surface area contributed by atoms with Crippen molar-refractivity contribution in [3.63, 3.8) is 0 Å². The predicted octanol–water partition coefficient (Wildman–Crippen LogP) is 9.70. The number of hydrogen-bond donors (Lipinski definition) is 5. The molecule has 14 heteroatoms. The van der Waals surface area contributed by atoms with Crippen LogP contribution < -0.4 is 10.1 Å². The molecular weight excluding hydrogens is 809 g/mol. The Bertz CT molecular complexity index is 2700. The number of ether oxygens (including phenoxy) is 1. The van der Waals surface area contributed by atoms with Crippen molar-refractivity contribution in [1.82, 2.24) is 39.6 Å². The van der Waals surface area contributed by atoms with E-state index in [2.05, 4.69) is 75.9 Å². The Hall–Kier alpha value is -6.41. The number of imidazole rings is 2. The summed E-state index contributed by atoms with van der Waals surface area (Å²) < 4.78 is 9.19. The maximum Gasteiger partial charge on any atom is 0.405 e. The number of aromatic amines is 2. The van der Waals surface area contributed by atoms with Crippen LogP contribution in [-0.4, -0.2) is 88.2 Å². The SMILES string of the molecule is CC(C)C(C)CN1CCCC1c1ncc(-c2ccc3c(c2)cc2n3C(CCc3cccc(C(=O)O)c3)Oc3cc(-c4cnc(C5CCCN5C(=O)C(NC(=O)O)C(C)C)[nH]4)ccc3-2)[nH]1. The monoisotopic (exact) mass is 866 g/mol. The van der Waals surface area contributed by atoms with E-state index in [9.17, 15) is 24.6 Å². The van der Waals surface area contributed by atoms with Crippen LogP contribution in [0.1, 0.15) is 113 Å². The fourth-order valence-electron chi connectivity index (χ4n) is 9.84. The van der Waals surface area contributed by atoms with Crippen molar-refractivity contribution in [1.29, 1.82) is 0 Å². The van der Waals surface area contributed by atoms with Gasteiger partial charge in [0.2, 0.25) is 5.91 Å². The summed E-state index contributed by atoms with van der Waals surface area (Å²) in [6.07, 6.45) is 7.09. The molecule has 5 atom stereocenters. The summed E-state index contributed by atoms with van der Waals surface area (Å²) in [5, 5.41) is 22.6. The van der Waals surface area contributed by atoms with Gasteiger partial charge in [-0.25, -0.2) is 19.6 Å². The first-order valence-electron chi connectivity index (χ1n) is 22.8. The Kier molecular flexibility index (Phi) is 11.8. The second kappa shape index (κ2) is 17.6. The molecule has 5 unspecified atom stereocenters. The average molecular weight is 867 g/mol. The van der Waals surface area contributed by atoms with Gasteiger partial charge in [-0.15, -0.1) is 0 Å². The van der Waals surface area contributed by atoms with Gasteiger partial charge in [0.05, 0.1) is 52.6 Å². The second-order valence-corrected chi connectivity index (χ2v) is 18.6. The maximum absolute atomic E-state index is 13.6. The first-order valence-corrected chi connectivity index (χ1v) is 22.8. The highest BCUT2D eigenvalue weighted by atomic mass is 16.5. The molecule has 3 aromatic heterocycles. The number of rotatable bonds is 14. The van der Waals surface area contributed by atoms with E-state index in [1.54, 1.807) is 29.3 Å². The highest BCUT2D eigenvalue weighted by molar-refractivity contribution is 5.92. The molecule has 0 radical (unpaired) electrons. The number of aromatic nitrogens is 5. The number of hydrogen-bond acceptors (Lipinski definition) is 7. The van der Waals surface area contributed by atoms with Gasteiger partial charge in [-0.3, -0.25) is 9.69 Å². The smallest absolute Gasteiger partial charge is 0.405 e. The van der Waals surface area contributed by atoms with E-state index in [4.69, 9.17) is 14.7 Å². The van der Waals surface area contributed by atoms with E-state index in [1.807, 2.05) is 38.2 Å². The molecule has 0 spiro atoms. The minimum atomic E-state index is -1.22. The molecule has 2 amide bonds. The van der Waals surface area contributed by atoms with Gasteiger partial charge in [0.15, 0.2) is 6.23 Å². The van der Waals surface area contributed by atoms with Crippen molar-refractivity contribution < 1.29 is 29.3 Å². The number of H-pyrrole nitrogens is 2. The fraction of sp³-hybridized carbons (Fsp3) is 0.420. The quantitative estimate of drug-likeness (QED) is 0.0712. The van der Waals surface area contributed by atoms with Crippen LogP contribution in [0.3, 0.4) is 0 Å². The normalized spacial score (nSPS) is 19.5. The lowest BCUT2D eigenvalue weighted by Gasteiger charge is -2.30. The number of fused-ring (bicyclic) bond motifs is 5. The third-order valence-electron chi connectivity index (χ3n) is 13.7. The van der Waals surface area contributed by atoms with Gasteiger partial charge >= 0.3 is 12.1 Å². The molecule has 9 rings (SSSR count). The highest BCUT2D eigenvalue weighted by Gasteiger charge is 2.38. The number of aryl methyl sites for hydroxylation is 1. The van der Waals surface area contributed by atoms with E-state index in [0.29, 0.717) is 43.5 Å². The summed E-state index contributed by atoms with van der Waals surface area (Å²) in [6, 6.07) is 21.1. The number of aromatic carboxylic acids is 1. The van der Waals surface area contributed by atoms with E-state index < -0.39 is 24.3 Å². The molecule has 2 fully saturated rings. The molecule has 0 bridgehead atoms. The van der Waals surface area contributed by atoms with Crippen molar-refractivity contribution in [3.05, 3.63) is 102 Å². The van der Waals surface area contributed by atoms with Gasteiger partial charge in [-0.1, -0.05) is 58.9 Å². The zero-order valence-corrected chi connectivity index (χ0v) is 37.2. The topological polar surface area (TPSA) is 182 Å². The molecule has 3 aromatic carbocycles. The van der Waals surface area contributed by atoms with Gasteiger partial charge in [-0.2, -0.15) is 0 Å². The van der Waals surface area contributed by atoms with Crippen LogP contribution in [-0.2, 0) is 11.2 Å². The molecular formula is C50H58N8O6. The number of carbonyl (C=O) groups excluding carboxylic acids is 1. The molecule has 5 N–H and O–H groups in total. The lowest BCUT2D eigenvalue weighted by molar-refractivity contribution is -0.135. The molecule has 2 saturated heterocycles. The van der Waals surface area contributed by atoms with Gasteiger partial charge < -0.3 is 39.7 Å². The summed E-state index contributed by atoms with van der Waals surface area (Å²) >= 11 is 0. The summed E-state index contributed by atoms with van der Waals surface area (Å²) in [6.45, 7) is 13.3. The summed E-state index contributed by atoms with van der Waals surface area (Å²) in [4.78, 5) is 58.1. The third kappa shape index (κ3) is 8.38. The minimum Gasteiger partial charge on any atom is -0.478 e. The third-order valence-corrected chi connectivity index (χ3v) is 13.7. The molecule has 0 aliphatic carbocycles. The predicted molar refractivity (Wildman–Crippen MR) is 245 cm³/mol. The molecule has 6 aromatic rings. The average Bonchev–Trinajstić information content (AvgIpc) is 4.13. The molecule has 64 heavy (non-hydrogen) atoms. The van der Waals surface area contributed by atoms with Crippen molar-refractivity contribution in [2.45, 2.75) is 97.5 Å². The molecule has 6 heterocycles. The molecule has 14 nitrogen and oxygen atoms in total. The zero-order valence-electron chi connectivity index (χ0n) is 37.2. The van der Waals surface area contributed by atoms with Crippen molar-refractivity contribution in [2.24, 2.45) is 17.8 Å². The Labute approximate surface area is 373 Å². The Morgan fingerprint density at radius 2 is 1.53 bits per heavy atom. The minimum absolute atomic E-state index is 0.215. The lowest BCUT2D eigenvalue weighted by atomic mass is 9.97. The van der Waals surface area contributed by atoms with Crippen molar-refractivity contribution in [3.8, 4) is 39.5 Å². The molecule has 3 aliphatic heterocycles. The van der Waals surface area contributed by atoms with E-state index >= 15 is 0 Å². The van der Waals surface area contributed by atoms with Crippen molar-refractivity contribution in [2.75, 3.05) is 19.6 Å². The summed E-state index contributed by atoms with van der Waals surface area (Å²) in [7, 11) is 0. The second-order valence-electron chi connectivity index (χ2n) is 18.6. The van der Waals surface area contributed by atoms with Gasteiger partial charge in [0.25, 0.3) is 0 Å². The van der Waals surface area contributed by atoms with Gasteiger partial charge in [0, 0.05) is 41.6 Å². The van der Waals surface area contributed by atoms with Gasteiger partial charge in [0.1, 0.15) is 23.4 Å². The zero-order chi connectivity index (χ0) is 44.8. The van der Waals surface area contributed by atoms with Crippen molar-refractivity contribution >= 4 is 28.9 Å². The van der Waals surface area contributed by atoms with E-state index in [1.165, 1.54) is 6.42 Å². The molecule has 0 saturated carbocycles. The summed E-state index contributed by atoms with van der Waals surface area (Å²) in [5.74, 6) is 2.21. The summed E-state index contributed by atoms with van der Waals surface area (Å²) in [5.41, 5.74) is 7.87. The Morgan fingerprint density at radius 3 is 2.25 bits per heavy atom. The highest BCUT2D eigenvalue weighted by Crippen LogP contribution is 2.46. The number of carbonyl (C=O) groups is 3. The van der Waals surface area contributed by atoms with Crippen LogP contribution >= 0.6 is 0 Å². The number of likely N-dealkylation sites (tertiary alicyclic amines) is 2. The van der Waals surface area contributed by atoms with Crippen LogP contribution in [0.25, 0.3) is 44.7 Å². The number of nitrogens with one attached hydrogen (secondary N) is 3. The number of benzene rings is 3. The fourth-order valence-corrected chi connectivity index (χ4v) is 9.84. The van der Waals surface area contributed by atoms with Crippen LogP contribution in [0.5, 0.6) is 5.75 Å². The standard InChI is InChI=1S/C50H58N8O6/c1-28(2)30(5)27-56-19-7-11-40(56)46-51-25-37(53-46)32-15-17-39-35(22-32)23-42-36-16-14-33(24-43(36)64-44(58(39)42)18-13-31-9-6-10-34(21-31)49(60)61)38-26-52-47(54-38)41-12-8-20-57(41)48(59)45(29(3)4)55-50(62)63/h6,9-10,14-17,21-26,28-30,40-41,44-45,55H,7-8,11-13,18-20,27H2,1-5H3,(H,51,53)(H,52,54)(H,60,61)(H,62,63). The van der Waals surface area contributed by atoms with Crippen LogP contribution in [0.15, 0.2) is 79.1 Å². The van der Waals surface area contributed by atoms with E-state index in [-0.39, 0.29) is 29.5 Å². The van der Waals surface area contributed by atoms with E-state index in [0.717, 1.165) is 87.7 Å². The maximum atomic E-state index is 13.6. The first-order chi connectivity index (χ1) is 30.8. The van der Waals surface area contributed by atoms with Gasteiger partial charge in [-0.05, 0) is 104 Å². The largest absolute Gasteiger partial charge is 0.478 e.